The number of ether oxygens (including phenoxy) is 1. The van der Waals surface area contributed by atoms with Gasteiger partial charge in [-0.2, -0.15) is 0 Å². The molecule has 0 aliphatic heterocycles. The summed E-state index contributed by atoms with van der Waals surface area (Å²) in [4.78, 5) is 11.4. The number of carbonyl (C=O) groups excluding carboxylic acids is 1. The molecule has 0 saturated carbocycles. The molecule has 2 aromatic rings. The lowest BCUT2D eigenvalue weighted by Crippen LogP contribution is -2.32. The van der Waals surface area contributed by atoms with Gasteiger partial charge < -0.3 is 10.1 Å². The van der Waals surface area contributed by atoms with Crippen molar-refractivity contribution < 1.29 is 9.53 Å². The minimum absolute atomic E-state index is 0.399. The van der Waals surface area contributed by atoms with Crippen molar-refractivity contribution in [2.45, 2.75) is 32.8 Å². The van der Waals surface area contributed by atoms with E-state index in [-0.39, 0.29) is 0 Å². The van der Waals surface area contributed by atoms with E-state index in [4.69, 9.17) is 4.74 Å². The third kappa shape index (κ3) is 5.13. The fourth-order valence-corrected chi connectivity index (χ4v) is 2.52. The summed E-state index contributed by atoms with van der Waals surface area (Å²) in [5, 5.41) is 5.99. The lowest BCUT2D eigenvalue weighted by atomic mass is 10.2. The van der Waals surface area contributed by atoms with Crippen molar-refractivity contribution in [3.05, 3.63) is 35.2 Å². The van der Waals surface area contributed by atoms with E-state index in [1.807, 2.05) is 26.8 Å². The molecule has 0 radical (unpaired) electrons. The summed E-state index contributed by atoms with van der Waals surface area (Å²) in [5.74, 6) is 6.17. The largest absolute Gasteiger partial charge is 0.444 e. The fraction of sp³-hybridized carbons (Fsp3) is 0.353. The molecule has 0 bridgehead atoms. The smallest absolute Gasteiger partial charge is 0.407 e. The van der Waals surface area contributed by atoms with Crippen LogP contribution in [-0.2, 0) is 4.74 Å². The van der Waals surface area contributed by atoms with Crippen LogP contribution in [-0.4, -0.2) is 18.2 Å². The van der Waals surface area contributed by atoms with Gasteiger partial charge in [0.25, 0.3) is 0 Å². The molecule has 0 spiro atoms. The molecule has 1 N–H and O–H groups in total. The van der Waals surface area contributed by atoms with Gasteiger partial charge in [0.1, 0.15) is 5.60 Å². The van der Waals surface area contributed by atoms with E-state index in [2.05, 4.69) is 40.7 Å². The average Bonchev–Trinajstić information content (AvgIpc) is 2.83. The molecule has 2 rings (SSSR count). The highest BCUT2D eigenvalue weighted by Crippen LogP contribution is 2.21. The molecule has 0 aliphatic carbocycles. The Morgan fingerprint density at radius 3 is 2.90 bits per heavy atom. The van der Waals surface area contributed by atoms with Gasteiger partial charge in [-0.3, -0.25) is 0 Å². The number of nitrogens with one attached hydrogen (secondary N) is 1. The second-order valence-corrected chi connectivity index (χ2v) is 6.60. The lowest BCUT2D eigenvalue weighted by molar-refractivity contribution is 0.0529. The Morgan fingerprint density at radius 2 is 2.14 bits per heavy atom. The number of fused-ring (bicyclic) bond motifs is 1. The number of benzene rings is 1. The number of rotatable bonds is 2. The van der Waals surface area contributed by atoms with Crippen molar-refractivity contribution in [1.29, 1.82) is 0 Å². The first-order chi connectivity index (χ1) is 9.94. The first-order valence-corrected chi connectivity index (χ1v) is 7.75. The van der Waals surface area contributed by atoms with Crippen LogP contribution in [0.15, 0.2) is 29.6 Å². The quantitative estimate of drug-likeness (QED) is 0.668. The Balaban J connectivity index is 1.80. The minimum Gasteiger partial charge on any atom is -0.444 e. The first kappa shape index (κ1) is 15.4. The van der Waals surface area contributed by atoms with Gasteiger partial charge in [0, 0.05) is 23.2 Å². The maximum Gasteiger partial charge on any atom is 0.407 e. The van der Waals surface area contributed by atoms with Gasteiger partial charge in [-0.1, -0.05) is 11.8 Å². The van der Waals surface area contributed by atoms with Crippen molar-refractivity contribution in [2.75, 3.05) is 6.54 Å². The summed E-state index contributed by atoms with van der Waals surface area (Å²) >= 11 is 1.73. The molecule has 21 heavy (non-hydrogen) atoms. The van der Waals surface area contributed by atoms with E-state index in [1.54, 1.807) is 11.3 Å². The molecule has 110 valence electrons. The number of hydrogen-bond acceptors (Lipinski definition) is 3. The summed E-state index contributed by atoms with van der Waals surface area (Å²) in [5.41, 5.74) is 0.532. The zero-order chi connectivity index (χ0) is 15.3. The molecule has 1 heterocycles. The number of amides is 1. The topological polar surface area (TPSA) is 38.3 Å². The first-order valence-electron chi connectivity index (χ1n) is 6.87. The molecule has 0 unspecified atom stereocenters. The van der Waals surface area contributed by atoms with Gasteiger partial charge in [0.05, 0.1) is 0 Å². The molecule has 1 amide bonds. The summed E-state index contributed by atoms with van der Waals surface area (Å²) < 4.78 is 6.42. The highest BCUT2D eigenvalue weighted by atomic mass is 32.1. The van der Waals surface area contributed by atoms with Crippen molar-refractivity contribution >= 4 is 27.5 Å². The summed E-state index contributed by atoms with van der Waals surface area (Å²) in [6.07, 6.45) is 0.199. The molecule has 4 heteroatoms. The molecule has 0 fully saturated rings. The molecule has 1 aromatic carbocycles. The highest BCUT2D eigenvalue weighted by molar-refractivity contribution is 7.17. The molecular weight excluding hydrogens is 282 g/mol. The van der Waals surface area contributed by atoms with E-state index < -0.39 is 11.7 Å². The zero-order valence-corrected chi connectivity index (χ0v) is 13.3. The number of carbonyl (C=O) groups is 1. The van der Waals surface area contributed by atoms with Crippen LogP contribution in [0.25, 0.3) is 10.1 Å². The Labute approximate surface area is 129 Å². The van der Waals surface area contributed by atoms with Gasteiger partial charge in [-0.25, -0.2) is 4.79 Å². The summed E-state index contributed by atoms with van der Waals surface area (Å²) in [7, 11) is 0. The van der Waals surface area contributed by atoms with Gasteiger partial charge in [-0.15, -0.1) is 11.3 Å². The van der Waals surface area contributed by atoms with Gasteiger partial charge >= 0.3 is 6.09 Å². The molecule has 1 aromatic heterocycles. The monoisotopic (exact) mass is 301 g/mol. The van der Waals surface area contributed by atoms with Crippen LogP contribution in [0, 0.1) is 11.8 Å². The molecule has 0 aliphatic rings. The molecule has 3 nitrogen and oxygen atoms in total. The van der Waals surface area contributed by atoms with E-state index in [0.29, 0.717) is 13.0 Å². The maximum absolute atomic E-state index is 11.4. The fourth-order valence-electron chi connectivity index (χ4n) is 1.75. The average molecular weight is 301 g/mol. The third-order valence-electron chi connectivity index (χ3n) is 2.60. The molecular formula is C17H19NO2S. The Morgan fingerprint density at radius 1 is 1.33 bits per heavy atom. The normalized spacial score (nSPS) is 10.8. The van der Waals surface area contributed by atoms with Crippen LogP contribution in [0.5, 0.6) is 0 Å². The Hall–Kier alpha value is -1.99. The van der Waals surface area contributed by atoms with Crippen molar-refractivity contribution in [2.24, 2.45) is 0 Å². The maximum atomic E-state index is 11.4. The van der Waals surface area contributed by atoms with Crippen LogP contribution in [0.2, 0.25) is 0 Å². The van der Waals surface area contributed by atoms with Crippen LogP contribution in [0.1, 0.15) is 32.8 Å². The van der Waals surface area contributed by atoms with Crippen LogP contribution < -0.4 is 5.32 Å². The number of thiophene rings is 1. The highest BCUT2D eigenvalue weighted by Gasteiger charge is 2.15. The van der Waals surface area contributed by atoms with Gasteiger partial charge in [0.2, 0.25) is 0 Å². The summed E-state index contributed by atoms with van der Waals surface area (Å²) in [6.45, 7) is 6.01. The standard InChI is InChI=1S/C17H19NO2S/c1-17(2,3)20-16(19)18-10-5-4-6-13-7-8-15-14(12-13)9-11-21-15/h7-9,11-12H,5,10H2,1-3H3,(H,18,19). The zero-order valence-electron chi connectivity index (χ0n) is 12.5. The summed E-state index contributed by atoms with van der Waals surface area (Å²) in [6, 6.07) is 8.28. The van der Waals surface area contributed by atoms with Gasteiger partial charge in [0.15, 0.2) is 0 Å². The van der Waals surface area contributed by atoms with Crippen molar-refractivity contribution in [3.63, 3.8) is 0 Å². The van der Waals surface area contributed by atoms with Crippen LogP contribution in [0.4, 0.5) is 4.79 Å². The number of hydrogen-bond donors (Lipinski definition) is 1. The van der Waals surface area contributed by atoms with Crippen LogP contribution >= 0.6 is 11.3 Å². The van der Waals surface area contributed by atoms with Gasteiger partial charge in [-0.05, 0) is 55.8 Å². The second-order valence-electron chi connectivity index (χ2n) is 5.65. The predicted octanol–water partition coefficient (Wildman–Crippen LogP) is 4.17. The molecule has 0 atom stereocenters. The lowest BCUT2D eigenvalue weighted by Gasteiger charge is -2.19. The Kier molecular flexibility index (Phi) is 4.87. The van der Waals surface area contributed by atoms with Crippen LogP contribution in [0.3, 0.4) is 0 Å². The SMILES string of the molecule is CC(C)(C)OC(=O)NCCC#Cc1ccc2sccc2c1. The number of alkyl carbamates (subject to hydrolysis) is 1. The predicted molar refractivity (Wildman–Crippen MR) is 87.6 cm³/mol. The van der Waals surface area contributed by atoms with Crippen molar-refractivity contribution in [1.82, 2.24) is 5.32 Å². The van der Waals surface area contributed by atoms with E-state index >= 15 is 0 Å². The Bertz CT molecular complexity index is 686. The second kappa shape index (κ2) is 6.64. The molecule has 0 saturated heterocycles. The van der Waals surface area contributed by atoms with E-state index in [1.165, 1.54) is 10.1 Å². The van der Waals surface area contributed by atoms with E-state index in [0.717, 1.165) is 5.56 Å². The third-order valence-corrected chi connectivity index (χ3v) is 3.50. The van der Waals surface area contributed by atoms with E-state index in [9.17, 15) is 4.79 Å². The van der Waals surface area contributed by atoms with Crippen molar-refractivity contribution in [3.8, 4) is 11.8 Å². The minimum atomic E-state index is -0.467.